The van der Waals surface area contributed by atoms with Crippen molar-refractivity contribution >= 4 is 49.4 Å². The molecule has 2 aromatic carbocycles. The predicted octanol–water partition coefficient (Wildman–Crippen LogP) is 1.84. The van der Waals surface area contributed by atoms with Crippen LogP contribution in [0.2, 0.25) is 0 Å². The van der Waals surface area contributed by atoms with Gasteiger partial charge in [0.25, 0.3) is 0 Å². The minimum atomic E-state index is 0.636. The summed E-state index contributed by atoms with van der Waals surface area (Å²) in [5.41, 5.74) is 15.5. The van der Waals surface area contributed by atoms with Crippen molar-refractivity contribution in [2.75, 3.05) is 11.5 Å². The van der Waals surface area contributed by atoms with E-state index in [0.29, 0.717) is 16.9 Å². The monoisotopic (exact) mass is 346 g/mol. The average Bonchev–Trinajstić information content (AvgIpc) is 3.13. The number of rotatable bonds is 0. The molecule has 2 aromatic heterocycles. The van der Waals surface area contributed by atoms with E-state index in [4.69, 9.17) is 11.5 Å². The van der Waals surface area contributed by atoms with Crippen LogP contribution in [0.5, 0.6) is 0 Å². The van der Waals surface area contributed by atoms with Gasteiger partial charge in [0.1, 0.15) is 22.1 Å². The summed E-state index contributed by atoms with van der Waals surface area (Å²) < 4.78 is 0.899. The summed E-state index contributed by atoms with van der Waals surface area (Å²) in [5.74, 6) is 0. The predicted molar refractivity (Wildman–Crippen MR) is 84.3 cm³/mol. The molecule has 0 radical (unpaired) electrons. The van der Waals surface area contributed by atoms with Gasteiger partial charge in [-0.3, -0.25) is 0 Å². The Balaban J connectivity index is 0.000000126. The van der Waals surface area contributed by atoms with Crippen molar-refractivity contribution in [3.05, 3.63) is 34.8 Å². The van der Waals surface area contributed by atoms with Gasteiger partial charge in [0.05, 0.1) is 11.4 Å². The second-order valence-electron chi connectivity index (χ2n) is 4.20. The third-order valence-electron chi connectivity index (χ3n) is 2.83. The number of halogens is 1. The fraction of sp³-hybridized carbons (Fsp3) is 0. The summed E-state index contributed by atoms with van der Waals surface area (Å²) in [7, 11) is 0. The van der Waals surface area contributed by atoms with Gasteiger partial charge in [-0.25, -0.2) is 0 Å². The Morgan fingerprint density at radius 3 is 2.19 bits per heavy atom. The van der Waals surface area contributed by atoms with Crippen LogP contribution in [0, 0.1) is 0 Å². The molecule has 0 saturated heterocycles. The molecule has 0 aliphatic heterocycles. The third kappa shape index (κ3) is 2.50. The Morgan fingerprint density at radius 1 is 0.762 bits per heavy atom. The van der Waals surface area contributed by atoms with Crippen LogP contribution in [0.15, 0.2) is 34.8 Å². The number of nitrogens with zero attached hydrogens (tertiary/aromatic N) is 4. The molecule has 2 heterocycles. The Labute approximate surface area is 127 Å². The maximum Gasteiger partial charge on any atom is 0.136 e. The number of nitrogens with one attached hydrogen (secondary N) is 2. The van der Waals surface area contributed by atoms with Gasteiger partial charge in [-0.05, 0) is 40.2 Å². The van der Waals surface area contributed by atoms with E-state index in [9.17, 15) is 0 Å². The van der Waals surface area contributed by atoms with Gasteiger partial charge >= 0.3 is 0 Å². The van der Waals surface area contributed by atoms with E-state index in [1.165, 1.54) is 0 Å². The lowest BCUT2D eigenvalue weighted by Crippen LogP contribution is -1.85. The number of para-hydroxylation sites is 1. The molecule has 0 aliphatic rings. The fourth-order valence-corrected chi connectivity index (χ4v) is 2.22. The van der Waals surface area contributed by atoms with Crippen LogP contribution >= 0.6 is 15.9 Å². The quantitative estimate of drug-likeness (QED) is 0.359. The van der Waals surface area contributed by atoms with Crippen molar-refractivity contribution in [1.29, 1.82) is 0 Å². The summed E-state index contributed by atoms with van der Waals surface area (Å²) in [4.78, 5) is 0. The van der Waals surface area contributed by atoms with Gasteiger partial charge in [-0.15, -0.1) is 0 Å². The Bertz CT molecular complexity index is 860. The zero-order chi connectivity index (χ0) is 14.8. The molecule has 0 unspecified atom stereocenters. The molecule has 9 heteroatoms. The largest absolute Gasteiger partial charge is 0.397 e. The van der Waals surface area contributed by atoms with E-state index in [1.807, 2.05) is 18.2 Å². The molecule has 8 nitrogen and oxygen atoms in total. The van der Waals surface area contributed by atoms with Crippen LogP contribution in [-0.4, -0.2) is 30.8 Å². The topological polar surface area (TPSA) is 135 Å². The number of H-pyrrole nitrogens is 2. The van der Waals surface area contributed by atoms with Gasteiger partial charge in [-0.1, -0.05) is 6.07 Å². The van der Waals surface area contributed by atoms with Crippen molar-refractivity contribution in [3.63, 3.8) is 0 Å². The molecule has 4 rings (SSSR count). The second kappa shape index (κ2) is 5.37. The molecule has 0 bridgehead atoms. The number of anilines is 2. The highest BCUT2D eigenvalue weighted by molar-refractivity contribution is 9.10. The van der Waals surface area contributed by atoms with Crippen LogP contribution < -0.4 is 11.5 Å². The number of nitrogens with two attached hydrogens (primary N) is 2. The average molecular weight is 347 g/mol. The first-order valence-electron chi connectivity index (χ1n) is 5.96. The molecule has 0 saturated carbocycles. The maximum absolute atomic E-state index is 5.63. The van der Waals surface area contributed by atoms with Crippen LogP contribution in [-0.2, 0) is 0 Å². The first-order chi connectivity index (χ1) is 10.2. The molecule has 106 valence electrons. The van der Waals surface area contributed by atoms with Gasteiger partial charge in [0, 0.05) is 4.47 Å². The van der Waals surface area contributed by atoms with Crippen molar-refractivity contribution in [2.45, 2.75) is 0 Å². The molecule has 0 aliphatic carbocycles. The fourth-order valence-electron chi connectivity index (χ4n) is 1.81. The second-order valence-corrected chi connectivity index (χ2v) is 5.05. The van der Waals surface area contributed by atoms with Crippen molar-refractivity contribution in [3.8, 4) is 0 Å². The van der Waals surface area contributed by atoms with E-state index in [1.54, 1.807) is 12.1 Å². The molecular weight excluding hydrogens is 336 g/mol. The molecule has 0 amide bonds. The molecule has 6 N–H and O–H groups in total. The lowest BCUT2D eigenvalue weighted by Gasteiger charge is -1.93. The number of hydrogen-bond donors (Lipinski definition) is 4. The van der Waals surface area contributed by atoms with Crippen LogP contribution in [0.1, 0.15) is 0 Å². The van der Waals surface area contributed by atoms with Crippen LogP contribution in [0.4, 0.5) is 11.4 Å². The minimum absolute atomic E-state index is 0.636. The summed E-state index contributed by atoms with van der Waals surface area (Å²) in [6.45, 7) is 0. The van der Waals surface area contributed by atoms with Crippen LogP contribution in [0.3, 0.4) is 0 Å². The van der Waals surface area contributed by atoms with E-state index >= 15 is 0 Å². The number of benzene rings is 2. The summed E-state index contributed by atoms with van der Waals surface area (Å²) in [6, 6.07) is 9.13. The van der Waals surface area contributed by atoms with Crippen molar-refractivity contribution in [2.24, 2.45) is 0 Å². The molecule has 0 fully saturated rings. The van der Waals surface area contributed by atoms with E-state index in [-0.39, 0.29) is 0 Å². The highest BCUT2D eigenvalue weighted by Crippen LogP contribution is 2.24. The van der Waals surface area contributed by atoms with E-state index in [0.717, 1.165) is 21.0 Å². The highest BCUT2D eigenvalue weighted by atomic mass is 79.9. The molecule has 4 aromatic rings. The first-order valence-corrected chi connectivity index (χ1v) is 6.75. The van der Waals surface area contributed by atoms with Gasteiger partial charge in [-0.2, -0.15) is 30.8 Å². The van der Waals surface area contributed by atoms with Gasteiger partial charge in [0.15, 0.2) is 0 Å². The Kier molecular flexibility index (Phi) is 3.40. The lowest BCUT2D eigenvalue weighted by atomic mass is 10.3. The highest BCUT2D eigenvalue weighted by Gasteiger charge is 2.04. The lowest BCUT2D eigenvalue weighted by molar-refractivity contribution is 0.959. The van der Waals surface area contributed by atoms with Gasteiger partial charge < -0.3 is 11.5 Å². The number of nitrogen functional groups attached to an aromatic ring is 2. The maximum atomic E-state index is 5.63. The zero-order valence-electron chi connectivity index (χ0n) is 10.7. The van der Waals surface area contributed by atoms with Crippen molar-refractivity contribution < 1.29 is 0 Å². The summed E-state index contributed by atoms with van der Waals surface area (Å²) >= 11 is 3.33. The van der Waals surface area contributed by atoms with Crippen molar-refractivity contribution in [1.82, 2.24) is 30.8 Å². The van der Waals surface area contributed by atoms with Crippen LogP contribution in [0.25, 0.3) is 22.1 Å². The zero-order valence-corrected chi connectivity index (χ0v) is 12.3. The summed E-state index contributed by atoms with van der Waals surface area (Å²) in [6.07, 6.45) is 0. The molecule has 21 heavy (non-hydrogen) atoms. The third-order valence-corrected chi connectivity index (χ3v) is 3.47. The number of fused-ring (bicyclic) bond motifs is 2. The Hall–Kier alpha value is -2.68. The molecule has 0 atom stereocenters. The summed E-state index contributed by atoms with van der Waals surface area (Å²) in [5, 5.41) is 20.5. The molecular formula is C12H11BrN8. The van der Waals surface area contributed by atoms with Gasteiger partial charge in [0.2, 0.25) is 0 Å². The molecule has 0 spiro atoms. The van der Waals surface area contributed by atoms with E-state index in [2.05, 4.69) is 46.8 Å². The first kappa shape index (κ1) is 13.3. The number of aromatic nitrogens is 6. The standard InChI is InChI=1S/C6H5BrN4.C6H6N4/c7-3-1-2-4(8)6-5(3)9-11-10-6;7-4-2-1-3-5-6(4)9-10-8-5/h1-2H,8H2,(H,9,10,11);1-3H,7H2,(H,8,9,10). The Morgan fingerprint density at radius 2 is 1.43 bits per heavy atom. The minimum Gasteiger partial charge on any atom is -0.397 e. The number of aromatic amines is 2. The normalized spacial score (nSPS) is 10.5. The smallest absolute Gasteiger partial charge is 0.136 e. The van der Waals surface area contributed by atoms with E-state index < -0.39 is 0 Å². The SMILES string of the molecule is Nc1ccc(Br)c2n[nH]nc12.Nc1cccc2n[nH]nc12. The number of hydrogen-bond acceptors (Lipinski definition) is 6.